The molecule has 1 saturated heterocycles. The van der Waals surface area contributed by atoms with Crippen molar-refractivity contribution in [3.8, 4) is 5.75 Å². The monoisotopic (exact) mass is 364 g/mol. The van der Waals surface area contributed by atoms with Crippen LogP contribution in [-0.2, 0) is 4.79 Å². The lowest BCUT2D eigenvalue weighted by Crippen LogP contribution is -3.00. The number of carbonyl (C=O) groups excluding carboxylic acids is 1. The molecule has 2 aromatic carbocycles. The zero-order valence-corrected chi connectivity index (χ0v) is 15.4. The average Bonchev–Trinajstić information content (AvgIpc) is 2.53. The topological polar surface area (TPSA) is 78.6 Å². The molecule has 1 amide bonds. The van der Waals surface area contributed by atoms with Gasteiger partial charge in [0.05, 0.1) is 25.8 Å². The molecular weight excluding hydrogens is 340 g/mol. The summed E-state index contributed by atoms with van der Waals surface area (Å²) in [4.78, 5) is 14.7. The van der Waals surface area contributed by atoms with Gasteiger partial charge in [-0.25, -0.2) is 0 Å². The summed E-state index contributed by atoms with van der Waals surface area (Å²) in [5.41, 5.74) is 6.87. The van der Waals surface area contributed by atoms with Gasteiger partial charge in [0, 0.05) is 24.2 Å². The van der Waals surface area contributed by atoms with Crippen molar-refractivity contribution < 1.29 is 26.8 Å². The summed E-state index contributed by atoms with van der Waals surface area (Å²) in [6.45, 7) is 4.26. The van der Waals surface area contributed by atoms with Crippen LogP contribution in [-0.4, -0.2) is 67.2 Å². The maximum atomic E-state index is 12.5. The molecule has 0 unspecified atom stereocenters. The first-order valence-electron chi connectivity index (χ1n) is 8.20. The van der Waals surface area contributed by atoms with E-state index in [0.717, 1.165) is 31.6 Å². The van der Waals surface area contributed by atoms with Crippen LogP contribution in [0.15, 0.2) is 30.3 Å². The molecule has 0 spiro atoms. The van der Waals surface area contributed by atoms with Gasteiger partial charge >= 0.3 is 0 Å². The first-order chi connectivity index (χ1) is 11.4. The van der Waals surface area contributed by atoms with Crippen LogP contribution in [0, 0.1) is 0 Å². The summed E-state index contributed by atoms with van der Waals surface area (Å²) < 4.78 is 0.715. The number of quaternary nitrogens is 1. The molecule has 136 valence electrons. The number of piperazine rings is 1. The van der Waals surface area contributed by atoms with Crippen LogP contribution in [0.2, 0.25) is 0 Å². The van der Waals surface area contributed by atoms with Gasteiger partial charge in [0.2, 0.25) is 0 Å². The number of anilines is 2. The number of hydrogen-bond donors (Lipinski definition) is 3. The summed E-state index contributed by atoms with van der Waals surface area (Å²) >= 11 is 0. The van der Waals surface area contributed by atoms with Crippen molar-refractivity contribution in [3.05, 3.63) is 30.3 Å². The van der Waals surface area contributed by atoms with E-state index >= 15 is 0 Å². The average molecular weight is 365 g/mol. The highest BCUT2D eigenvalue weighted by Gasteiger charge is 2.30. The van der Waals surface area contributed by atoms with Crippen LogP contribution < -0.4 is 23.5 Å². The molecule has 1 heterocycles. The Morgan fingerprint density at radius 2 is 1.96 bits per heavy atom. The van der Waals surface area contributed by atoms with E-state index in [1.165, 1.54) is 0 Å². The Bertz CT molecular complexity index is 773. The second-order valence-electron chi connectivity index (χ2n) is 6.98. The van der Waals surface area contributed by atoms with Gasteiger partial charge in [-0.1, -0.05) is 18.2 Å². The Kier molecular flexibility index (Phi) is 5.77. The Balaban J connectivity index is 0.00000225. The van der Waals surface area contributed by atoms with Crippen molar-refractivity contribution in [1.29, 1.82) is 0 Å². The van der Waals surface area contributed by atoms with Crippen molar-refractivity contribution >= 4 is 28.1 Å². The summed E-state index contributed by atoms with van der Waals surface area (Å²) in [7, 11) is 4.20. The van der Waals surface area contributed by atoms with E-state index in [1.807, 2.05) is 18.2 Å². The third-order valence-electron chi connectivity index (χ3n) is 4.89. The first kappa shape index (κ1) is 19.3. The molecule has 0 aliphatic carbocycles. The van der Waals surface area contributed by atoms with Crippen LogP contribution in [0.4, 0.5) is 11.4 Å². The van der Waals surface area contributed by atoms with Crippen LogP contribution in [0.25, 0.3) is 10.8 Å². The van der Waals surface area contributed by atoms with Crippen LogP contribution >= 0.6 is 0 Å². The van der Waals surface area contributed by atoms with Crippen LogP contribution in [0.3, 0.4) is 0 Å². The molecule has 25 heavy (non-hydrogen) atoms. The highest BCUT2D eigenvalue weighted by Crippen LogP contribution is 2.36. The smallest absolute Gasteiger partial charge is 0.279 e. The Hall–Kier alpha value is -2.02. The number of phenolic OH excluding ortho intramolecular Hbond substituents is 1. The fourth-order valence-corrected chi connectivity index (χ4v) is 3.23. The van der Waals surface area contributed by atoms with Gasteiger partial charge in [-0.05, 0) is 24.6 Å². The lowest BCUT2D eigenvalue weighted by molar-refractivity contribution is -0.905. The zero-order chi connectivity index (χ0) is 17.3. The molecule has 0 bridgehead atoms. The molecule has 3 rings (SSSR count). The fraction of sp³-hybridized carbons (Fsp3) is 0.389. The van der Waals surface area contributed by atoms with E-state index in [-0.39, 0.29) is 24.1 Å². The predicted molar refractivity (Wildman–Crippen MR) is 96.9 cm³/mol. The Labute approximate surface area is 154 Å². The van der Waals surface area contributed by atoms with Gasteiger partial charge in [0.25, 0.3) is 5.91 Å². The fourth-order valence-electron chi connectivity index (χ4n) is 3.23. The number of carbonyl (C=O) groups is 1. The Morgan fingerprint density at radius 3 is 2.64 bits per heavy atom. The number of fused-ring (bicyclic) bond motifs is 1. The van der Waals surface area contributed by atoms with E-state index in [4.69, 9.17) is 5.73 Å². The van der Waals surface area contributed by atoms with Gasteiger partial charge < -0.3 is 33.0 Å². The van der Waals surface area contributed by atoms with Gasteiger partial charge in [-0.3, -0.25) is 9.69 Å². The normalized spacial score (nSPS) is 17.0. The van der Waals surface area contributed by atoms with Crippen molar-refractivity contribution in [1.82, 2.24) is 4.90 Å². The molecule has 2 aromatic rings. The van der Waals surface area contributed by atoms with Gasteiger partial charge in [-0.15, -0.1) is 0 Å². The number of halogens is 1. The number of rotatable bonds is 3. The largest absolute Gasteiger partial charge is 1.00 e. The predicted octanol–water partition coefficient (Wildman–Crippen LogP) is -1.54. The maximum Gasteiger partial charge on any atom is 0.279 e. The number of phenols is 1. The third kappa shape index (κ3) is 4.15. The maximum absolute atomic E-state index is 12.5. The van der Waals surface area contributed by atoms with E-state index in [0.29, 0.717) is 27.8 Å². The van der Waals surface area contributed by atoms with Gasteiger partial charge in [-0.2, -0.15) is 0 Å². The minimum atomic E-state index is -0.0915. The molecule has 1 aliphatic rings. The lowest BCUT2D eigenvalue weighted by Gasteiger charge is -2.40. The van der Waals surface area contributed by atoms with Crippen molar-refractivity contribution in [2.75, 3.05) is 57.9 Å². The summed E-state index contributed by atoms with van der Waals surface area (Å²) in [5.74, 6) is -0.0637. The highest BCUT2D eigenvalue weighted by atomic mass is 35.5. The molecule has 0 saturated carbocycles. The van der Waals surface area contributed by atoms with Crippen molar-refractivity contribution in [3.63, 3.8) is 0 Å². The summed E-state index contributed by atoms with van der Waals surface area (Å²) in [6, 6.07) is 9.04. The molecule has 6 nitrogen and oxygen atoms in total. The number of nitrogens with two attached hydrogens (primary N) is 1. The second kappa shape index (κ2) is 7.47. The molecule has 1 aliphatic heterocycles. The van der Waals surface area contributed by atoms with Crippen molar-refractivity contribution in [2.45, 2.75) is 0 Å². The minimum absolute atomic E-state index is 0. The standard InChI is InChI=1S/C18H24N4O2.ClH/c1-21-8-10-22(2,11-9-21)12-16(23)20-15-7-6-13-4-3-5-14(19)17(13)18(15)24;/h3-7H,8-12,19H2,1-2H3,(H-,20,23,24);1H. The minimum Gasteiger partial charge on any atom is -1.00 e. The number of nitrogens with zero attached hydrogens (tertiary/aromatic N) is 2. The number of amides is 1. The quantitative estimate of drug-likeness (QED) is 0.350. The molecule has 4 N–H and O–H groups in total. The molecule has 0 atom stereocenters. The van der Waals surface area contributed by atoms with E-state index in [1.54, 1.807) is 12.1 Å². The number of aromatic hydroxyl groups is 1. The zero-order valence-electron chi connectivity index (χ0n) is 14.6. The molecular formula is C18H25ClN4O2. The number of nitrogen functional groups attached to an aromatic ring is 1. The molecule has 0 aromatic heterocycles. The van der Waals surface area contributed by atoms with Crippen LogP contribution in [0.1, 0.15) is 0 Å². The lowest BCUT2D eigenvalue weighted by atomic mass is 10.1. The second-order valence-corrected chi connectivity index (χ2v) is 6.98. The number of hydrogen-bond acceptors (Lipinski definition) is 4. The third-order valence-corrected chi connectivity index (χ3v) is 4.89. The van der Waals surface area contributed by atoms with Crippen LogP contribution in [0.5, 0.6) is 5.75 Å². The first-order valence-corrected chi connectivity index (χ1v) is 8.20. The number of nitrogens with one attached hydrogen (secondary N) is 1. The Morgan fingerprint density at radius 1 is 1.28 bits per heavy atom. The molecule has 0 radical (unpaired) electrons. The van der Waals surface area contributed by atoms with Gasteiger partial charge in [0.15, 0.2) is 6.54 Å². The van der Waals surface area contributed by atoms with E-state index in [9.17, 15) is 9.90 Å². The van der Waals surface area contributed by atoms with Gasteiger partial charge in [0.1, 0.15) is 5.75 Å². The van der Waals surface area contributed by atoms with E-state index in [2.05, 4.69) is 24.3 Å². The molecule has 1 fully saturated rings. The highest BCUT2D eigenvalue weighted by molar-refractivity contribution is 6.04. The summed E-state index contributed by atoms with van der Waals surface area (Å²) in [5, 5.41) is 14.7. The number of likely N-dealkylation sites (N-methyl/N-ethyl adjacent to an activating group) is 2. The van der Waals surface area contributed by atoms with Crippen molar-refractivity contribution in [2.24, 2.45) is 0 Å². The number of benzene rings is 2. The van der Waals surface area contributed by atoms with E-state index < -0.39 is 0 Å². The summed E-state index contributed by atoms with van der Waals surface area (Å²) in [6.07, 6.45) is 0. The molecule has 7 heteroatoms. The SMILES string of the molecule is CN1CC[N+](C)(CC(=O)Nc2ccc3cccc(N)c3c2O)CC1.[Cl-].